The van der Waals surface area contributed by atoms with Crippen molar-refractivity contribution < 1.29 is 4.79 Å². The molecule has 0 aliphatic rings. The zero-order valence-corrected chi connectivity index (χ0v) is 19.2. The second kappa shape index (κ2) is 11.7. The molecule has 1 nitrogen and oxygen atoms in total. The van der Waals surface area contributed by atoms with Crippen molar-refractivity contribution in [1.82, 2.24) is 0 Å². The number of hydrogen-bond acceptors (Lipinski definition) is 1. The molecule has 0 fully saturated rings. The summed E-state index contributed by atoms with van der Waals surface area (Å²) in [4.78, 5) is 14.1. The highest BCUT2D eigenvalue weighted by molar-refractivity contribution is 7.29. The third kappa shape index (κ3) is 5.17. The van der Waals surface area contributed by atoms with Crippen LogP contribution in [0.15, 0.2) is 91.0 Å². The topological polar surface area (TPSA) is 17.1 Å². The summed E-state index contributed by atoms with van der Waals surface area (Å²) in [6.07, 6.45) is 9.26. The van der Waals surface area contributed by atoms with Gasteiger partial charge in [-0.05, 0) is 22.0 Å². The van der Waals surface area contributed by atoms with Gasteiger partial charge in [-0.3, -0.25) is 0 Å². The molecule has 3 aromatic carbocycles. The quantitative estimate of drug-likeness (QED) is 0.220. The van der Waals surface area contributed by atoms with Crippen LogP contribution in [0.3, 0.4) is 0 Å². The van der Waals surface area contributed by atoms with Gasteiger partial charge in [0, 0.05) is 6.42 Å². The van der Waals surface area contributed by atoms with Gasteiger partial charge in [0.05, 0.1) is 0 Å². The van der Waals surface area contributed by atoms with E-state index in [0.717, 1.165) is 12.8 Å². The van der Waals surface area contributed by atoms with Crippen molar-refractivity contribution in [2.75, 3.05) is 0 Å². The largest absolute Gasteiger partial charge is 0.304 e. The summed E-state index contributed by atoms with van der Waals surface area (Å²) in [6.45, 7) is 2.25. The van der Waals surface area contributed by atoms with Crippen LogP contribution in [0.1, 0.15) is 58.3 Å². The molecular weight excluding hydrogens is 380 g/mol. The maximum atomic E-state index is 14.1. The Hall–Kier alpha value is -2.45. The predicted octanol–water partition coefficient (Wildman–Crippen LogP) is 5.41. The molecule has 0 saturated carbocycles. The zero-order chi connectivity index (χ0) is 21.1. The van der Waals surface area contributed by atoms with Crippen molar-refractivity contribution >= 4 is 29.0 Å². The summed E-state index contributed by atoms with van der Waals surface area (Å²) < 4.78 is 0. The molecule has 0 radical (unpaired) electrons. The lowest BCUT2D eigenvalue weighted by atomic mass is 10.1. The van der Waals surface area contributed by atoms with Gasteiger partial charge in [0.25, 0.3) is 0 Å². The van der Waals surface area contributed by atoms with Crippen LogP contribution in [0.5, 0.6) is 0 Å². The number of rotatable bonds is 12. The van der Waals surface area contributed by atoms with Gasteiger partial charge < -0.3 is 4.79 Å². The molecule has 0 amide bonds. The summed E-state index contributed by atoms with van der Waals surface area (Å²) in [7, 11) is -2.75. The molecule has 0 N–H and O–H groups in total. The van der Waals surface area contributed by atoms with Crippen molar-refractivity contribution in [2.45, 2.75) is 58.3 Å². The summed E-state index contributed by atoms with van der Waals surface area (Å²) in [5.74, 6) is 0. The Morgan fingerprint density at radius 1 is 0.567 bits per heavy atom. The first-order chi connectivity index (χ1) is 14.8. The summed E-state index contributed by atoms with van der Waals surface area (Å²) >= 11 is 0. The first-order valence-corrected chi connectivity index (χ1v) is 13.5. The van der Waals surface area contributed by atoms with Gasteiger partial charge in [0.2, 0.25) is 8.07 Å². The number of benzene rings is 3. The predicted molar refractivity (Wildman–Crippen MR) is 132 cm³/mol. The van der Waals surface area contributed by atoms with Crippen LogP contribution in [0.2, 0.25) is 0 Å². The molecule has 0 unspecified atom stereocenters. The van der Waals surface area contributed by atoms with E-state index in [2.05, 4.69) is 79.7 Å². The lowest BCUT2D eigenvalue weighted by Gasteiger charge is -2.32. The number of carbonyl (C=O) groups is 1. The molecule has 2 heteroatoms. The van der Waals surface area contributed by atoms with Crippen LogP contribution in [-0.2, 0) is 4.79 Å². The molecular formula is C28H34OSi. The van der Waals surface area contributed by atoms with Crippen molar-refractivity contribution in [2.24, 2.45) is 0 Å². The van der Waals surface area contributed by atoms with Gasteiger partial charge in [-0.25, -0.2) is 0 Å². The van der Waals surface area contributed by atoms with Gasteiger partial charge in [-0.2, -0.15) is 0 Å². The maximum absolute atomic E-state index is 14.1. The van der Waals surface area contributed by atoms with Gasteiger partial charge in [0.1, 0.15) is 5.41 Å². The second-order valence-electron chi connectivity index (χ2n) is 8.14. The highest BCUT2D eigenvalue weighted by atomic mass is 28.3. The van der Waals surface area contributed by atoms with E-state index in [0.29, 0.717) is 11.8 Å². The monoisotopic (exact) mass is 414 g/mol. The minimum Gasteiger partial charge on any atom is -0.304 e. The van der Waals surface area contributed by atoms with Gasteiger partial charge in [-0.1, -0.05) is 136 Å². The summed E-state index contributed by atoms with van der Waals surface area (Å²) in [5, 5.41) is 4.00. The van der Waals surface area contributed by atoms with Crippen LogP contribution in [-0.4, -0.2) is 13.5 Å². The van der Waals surface area contributed by atoms with Gasteiger partial charge in [-0.15, -0.1) is 0 Å². The van der Waals surface area contributed by atoms with Gasteiger partial charge >= 0.3 is 0 Å². The second-order valence-corrected chi connectivity index (χ2v) is 11.9. The van der Waals surface area contributed by atoms with Gasteiger partial charge in [0.15, 0.2) is 0 Å². The minimum atomic E-state index is -2.75. The molecule has 3 rings (SSSR count). The Morgan fingerprint density at radius 2 is 0.933 bits per heavy atom. The van der Waals surface area contributed by atoms with Crippen molar-refractivity contribution in [3.8, 4) is 0 Å². The molecule has 0 spiro atoms. The SMILES string of the molecule is CCCCCCCCCC(=O)[Si](c1ccccc1)(c1ccccc1)c1ccccc1. The Morgan fingerprint density at radius 3 is 1.33 bits per heavy atom. The number of carbonyl (C=O) groups excluding carboxylic acids is 1. The summed E-state index contributed by atoms with van der Waals surface area (Å²) in [6, 6.07) is 31.5. The van der Waals surface area contributed by atoms with E-state index in [1.807, 2.05) is 18.2 Å². The van der Waals surface area contributed by atoms with E-state index in [4.69, 9.17) is 0 Å². The molecule has 3 aromatic rings. The van der Waals surface area contributed by atoms with E-state index < -0.39 is 8.07 Å². The molecule has 0 bridgehead atoms. The van der Waals surface area contributed by atoms with E-state index in [9.17, 15) is 4.79 Å². The standard InChI is InChI=1S/C28H34OSi/c1-2-3-4-5-6-7-17-24-28(29)30(25-18-11-8-12-19-25,26-20-13-9-14-21-26)27-22-15-10-16-23-27/h8-16,18-23H,2-7,17,24H2,1H3. The van der Waals surface area contributed by atoms with Crippen LogP contribution >= 0.6 is 0 Å². The van der Waals surface area contributed by atoms with Crippen molar-refractivity contribution in [3.63, 3.8) is 0 Å². The smallest absolute Gasteiger partial charge is 0.224 e. The third-order valence-corrected chi connectivity index (χ3v) is 10.7. The molecule has 0 atom stereocenters. The molecule has 0 aliphatic carbocycles. The van der Waals surface area contributed by atoms with Crippen molar-refractivity contribution in [1.29, 1.82) is 0 Å². The third-order valence-electron chi connectivity index (χ3n) is 6.05. The minimum absolute atomic E-state index is 0.430. The number of hydrogen-bond donors (Lipinski definition) is 0. The van der Waals surface area contributed by atoms with E-state index >= 15 is 0 Å². The average Bonchev–Trinajstić information content (AvgIpc) is 2.81. The average molecular weight is 415 g/mol. The first kappa shape index (κ1) is 22.2. The summed E-state index contributed by atoms with van der Waals surface area (Å²) in [5.41, 5.74) is 0. The highest BCUT2D eigenvalue weighted by Gasteiger charge is 2.45. The first-order valence-electron chi connectivity index (χ1n) is 11.5. The molecule has 30 heavy (non-hydrogen) atoms. The number of unbranched alkanes of at least 4 members (excludes halogenated alkanes) is 6. The molecule has 0 aliphatic heterocycles. The van der Waals surface area contributed by atoms with Crippen LogP contribution in [0.25, 0.3) is 0 Å². The lowest BCUT2D eigenvalue weighted by Crippen LogP contribution is -2.72. The molecule has 0 heterocycles. The lowest BCUT2D eigenvalue weighted by molar-refractivity contribution is -0.112. The fraction of sp³-hybridized carbons (Fsp3) is 0.321. The molecule has 0 aromatic heterocycles. The normalized spacial score (nSPS) is 11.4. The fourth-order valence-corrected chi connectivity index (χ4v) is 9.07. The van der Waals surface area contributed by atoms with Crippen molar-refractivity contribution in [3.05, 3.63) is 91.0 Å². The fourth-order valence-electron chi connectivity index (χ4n) is 4.48. The zero-order valence-electron chi connectivity index (χ0n) is 18.2. The maximum Gasteiger partial charge on any atom is 0.224 e. The Kier molecular flexibility index (Phi) is 8.64. The van der Waals surface area contributed by atoms with E-state index in [1.54, 1.807) is 0 Å². The molecule has 0 saturated heterocycles. The molecule has 156 valence electrons. The Bertz CT molecular complexity index is 778. The van der Waals surface area contributed by atoms with E-state index in [1.165, 1.54) is 47.7 Å². The van der Waals surface area contributed by atoms with Crippen LogP contribution < -0.4 is 15.6 Å². The Labute approximate surface area is 183 Å². The Balaban J connectivity index is 1.92. The highest BCUT2D eigenvalue weighted by Crippen LogP contribution is 2.15. The van der Waals surface area contributed by atoms with Crippen LogP contribution in [0.4, 0.5) is 0 Å². The van der Waals surface area contributed by atoms with Crippen LogP contribution in [0, 0.1) is 0 Å². The van der Waals surface area contributed by atoms with E-state index in [-0.39, 0.29) is 0 Å².